The number of carboxylic acids is 1. The molecule has 0 aromatic carbocycles. The zero-order valence-corrected chi connectivity index (χ0v) is 6.85. The Morgan fingerprint density at radius 2 is 1.70 bits per heavy atom. The van der Waals surface area contributed by atoms with E-state index in [-0.39, 0.29) is 12.1 Å². The molecule has 0 spiro atoms. The third-order valence-electron chi connectivity index (χ3n) is 0.138. The van der Waals surface area contributed by atoms with E-state index in [2.05, 4.69) is 0 Å². The minimum atomic E-state index is -0.833. The summed E-state index contributed by atoms with van der Waals surface area (Å²) in [7, 11) is 0. The first-order chi connectivity index (χ1) is 4.00. The molecule has 0 bridgehead atoms. The van der Waals surface area contributed by atoms with Crippen molar-refractivity contribution in [2.45, 2.75) is 11.8 Å². The average Bonchev–Trinajstić information content (AvgIpc) is 1.65. The number of aliphatic carboxylic acids is 1. The monoisotopic (exact) mass is 192 g/mol. The molecule has 0 saturated heterocycles. The van der Waals surface area contributed by atoms with Crippen LogP contribution in [0.2, 0.25) is 0 Å². The van der Waals surface area contributed by atoms with Crippen molar-refractivity contribution in [3.8, 4) is 0 Å². The van der Waals surface area contributed by atoms with Gasteiger partial charge in [-0.15, -0.1) is 23.2 Å². The van der Waals surface area contributed by atoms with E-state index in [0.29, 0.717) is 0 Å². The molecule has 0 rings (SSSR count). The molecule has 4 nitrogen and oxygen atoms in total. The smallest absolute Gasteiger partial charge is 0.300 e. The Morgan fingerprint density at radius 1 is 1.60 bits per heavy atom. The Kier molecular flexibility index (Phi) is 19.4. The van der Waals surface area contributed by atoms with E-state index >= 15 is 0 Å². The minimum Gasteiger partial charge on any atom is -0.481 e. The van der Waals surface area contributed by atoms with Crippen LogP contribution in [0.25, 0.3) is 0 Å². The van der Waals surface area contributed by atoms with E-state index < -0.39 is 10.8 Å². The summed E-state index contributed by atoms with van der Waals surface area (Å²) in [5.41, 5.74) is 0. The average molecular weight is 193 g/mol. The maximum absolute atomic E-state index is 9.00. The molecule has 10 heavy (non-hydrogen) atoms. The molecule has 0 aliphatic heterocycles. The second-order valence-electron chi connectivity index (χ2n) is 1.09. The molecule has 0 unspecified atom stereocenters. The number of alkyl halides is 2. The first-order valence-electron chi connectivity index (χ1n) is 2.09. The van der Waals surface area contributed by atoms with E-state index in [1.807, 2.05) is 0 Å². The van der Waals surface area contributed by atoms with Gasteiger partial charge in [0.25, 0.3) is 5.97 Å². The highest BCUT2D eigenvalue weighted by molar-refractivity contribution is 6.44. The molecule has 0 fully saturated rings. The lowest BCUT2D eigenvalue weighted by Crippen LogP contribution is -1.90. The summed E-state index contributed by atoms with van der Waals surface area (Å²) in [4.78, 5) is 8.38. The van der Waals surface area contributed by atoms with Crippen LogP contribution in [0.15, 0.2) is 0 Å². The second-order valence-corrected chi connectivity index (χ2v) is 2.37. The molecule has 0 amide bonds. The summed E-state index contributed by atoms with van der Waals surface area (Å²) in [5, 5.41) is 15.3. The largest absolute Gasteiger partial charge is 0.481 e. The molecule has 4 N–H and O–H groups in total. The quantitative estimate of drug-likeness (QED) is 0.576. The van der Waals surface area contributed by atoms with Crippen molar-refractivity contribution < 1.29 is 20.5 Å². The van der Waals surface area contributed by atoms with Gasteiger partial charge in [-0.05, 0) is 0 Å². The second kappa shape index (κ2) is 11.7. The van der Waals surface area contributed by atoms with Crippen LogP contribution in [-0.4, -0.2) is 33.1 Å². The summed E-state index contributed by atoms with van der Waals surface area (Å²) in [6.07, 6.45) is 0. The van der Waals surface area contributed by atoms with Gasteiger partial charge in [0.05, 0.1) is 6.61 Å². The van der Waals surface area contributed by atoms with E-state index in [1.54, 1.807) is 0 Å². The molecule has 0 heterocycles. The number of hydrogen-bond acceptors (Lipinski definition) is 2. The van der Waals surface area contributed by atoms with Crippen LogP contribution < -0.4 is 0 Å². The van der Waals surface area contributed by atoms with Gasteiger partial charge in [-0.1, -0.05) is 0 Å². The Hall–Kier alpha value is -0.0300. The SMILES string of the molecule is CC(=O)O.O.OCC(Cl)Cl. The predicted molar refractivity (Wildman–Crippen MR) is 39.5 cm³/mol. The number of carboxylic acid groups (broad SMARTS) is 1. The lowest BCUT2D eigenvalue weighted by Gasteiger charge is -1.84. The summed E-state index contributed by atoms with van der Waals surface area (Å²) in [6, 6.07) is 0. The first-order valence-corrected chi connectivity index (χ1v) is 2.96. The highest BCUT2D eigenvalue weighted by Crippen LogP contribution is 1.96. The number of rotatable bonds is 1. The summed E-state index contributed by atoms with van der Waals surface area (Å²) in [6.45, 7) is 0.920. The third kappa shape index (κ3) is 99.8. The van der Waals surface area contributed by atoms with E-state index in [4.69, 9.17) is 38.2 Å². The maximum Gasteiger partial charge on any atom is 0.300 e. The van der Waals surface area contributed by atoms with Gasteiger partial charge in [-0.2, -0.15) is 0 Å². The van der Waals surface area contributed by atoms with E-state index in [9.17, 15) is 0 Å². The summed E-state index contributed by atoms with van der Waals surface area (Å²) >= 11 is 9.96. The molecule has 0 saturated carbocycles. The van der Waals surface area contributed by atoms with Gasteiger partial charge in [0, 0.05) is 6.92 Å². The van der Waals surface area contributed by atoms with E-state index in [1.165, 1.54) is 0 Å². The van der Waals surface area contributed by atoms with Gasteiger partial charge in [0.1, 0.15) is 4.84 Å². The first kappa shape index (κ1) is 16.5. The van der Waals surface area contributed by atoms with Gasteiger partial charge in [0.2, 0.25) is 0 Å². The molecule has 0 radical (unpaired) electrons. The van der Waals surface area contributed by atoms with Crippen LogP contribution in [0.4, 0.5) is 0 Å². The minimum absolute atomic E-state index is 0. The Morgan fingerprint density at radius 3 is 1.70 bits per heavy atom. The van der Waals surface area contributed by atoms with Crippen LogP contribution in [0, 0.1) is 0 Å². The van der Waals surface area contributed by atoms with Crippen LogP contribution in [-0.2, 0) is 4.79 Å². The van der Waals surface area contributed by atoms with Gasteiger partial charge in [-0.25, -0.2) is 0 Å². The molecule has 0 aliphatic carbocycles. The van der Waals surface area contributed by atoms with Crippen molar-refractivity contribution in [3.63, 3.8) is 0 Å². The number of aliphatic hydroxyl groups excluding tert-OH is 1. The summed E-state index contributed by atoms with van der Waals surface area (Å²) in [5.74, 6) is -0.833. The van der Waals surface area contributed by atoms with Gasteiger partial charge >= 0.3 is 0 Å². The van der Waals surface area contributed by atoms with Gasteiger partial charge in [0.15, 0.2) is 0 Å². The molecular formula is C4H10Cl2O4. The van der Waals surface area contributed by atoms with Crippen molar-refractivity contribution in [1.29, 1.82) is 0 Å². The molecule has 0 atom stereocenters. The van der Waals surface area contributed by atoms with Gasteiger partial charge in [-0.3, -0.25) is 4.79 Å². The van der Waals surface area contributed by atoms with Crippen molar-refractivity contribution in [2.24, 2.45) is 0 Å². The Labute approximate surface area is 68.7 Å². The molecular weight excluding hydrogens is 183 g/mol. The van der Waals surface area contributed by atoms with Crippen molar-refractivity contribution >= 4 is 29.2 Å². The topological polar surface area (TPSA) is 89.0 Å². The van der Waals surface area contributed by atoms with Crippen molar-refractivity contribution in [2.75, 3.05) is 6.61 Å². The fourth-order valence-electron chi connectivity index (χ4n) is 0. The normalized spacial score (nSPS) is 7.30. The number of hydrogen-bond donors (Lipinski definition) is 2. The lowest BCUT2D eigenvalue weighted by molar-refractivity contribution is -0.134. The zero-order valence-electron chi connectivity index (χ0n) is 5.34. The van der Waals surface area contributed by atoms with Crippen molar-refractivity contribution in [3.05, 3.63) is 0 Å². The Bertz CT molecular complexity index is 71.7. The standard InChI is InChI=1S/C2H4Cl2O.C2H4O2.H2O/c3-2(4)1-5;1-2(3)4;/h2,5H,1H2;1H3,(H,3,4);1H2. The molecule has 0 aromatic rings. The third-order valence-corrected chi connectivity index (χ3v) is 0.414. The van der Waals surface area contributed by atoms with Crippen LogP contribution in [0.3, 0.4) is 0 Å². The maximum atomic E-state index is 9.00. The van der Waals surface area contributed by atoms with Gasteiger partial charge < -0.3 is 15.7 Å². The fraction of sp³-hybridized carbons (Fsp3) is 0.750. The lowest BCUT2D eigenvalue weighted by atomic mass is 10.9. The Balaban J connectivity index is -0.0000000910. The molecule has 0 aliphatic rings. The number of aliphatic hydroxyl groups is 1. The zero-order chi connectivity index (χ0) is 7.86. The van der Waals surface area contributed by atoms with Crippen LogP contribution in [0.5, 0.6) is 0 Å². The van der Waals surface area contributed by atoms with E-state index in [0.717, 1.165) is 6.92 Å². The molecule has 6 heteroatoms. The highest BCUT2D eigenvalue weighted by atomic mass is 35.5. The number of halogens is 2. The van der Waals surface area contributed by atoms with Crippen LogP contribution in [0.1, 0.15) is 6.92 Å². The number of carbonyl (C=O) groups is 1. The van der Waals surface area contributed by atoms with Crippen molar-refractivity contribution in [1.82, 2.24) is 0 Å². The molecule has 0 aromatic heterocycles. The fourth-order valence-corrected chi connectivity index (χ4v) is 0. The predicted octanol–water partition coefficient (Wildman–Crippen LogP) is 0.0486. The highest BCUT2D eigenvalue weighted by Gasteiger charge is 1.88. The summed E-state index contributed by atoms with van der Waals surface area (Å²) < 4.78 is 0. The molecule has 64 valence electrons. The van der Waals surface area contributed by atoms with Crippen LogP contribution >= 0.6 is 23.2 Å².